The van der Waals surface area contributed by atoms with Gasteiger partial charge in [0.1, 0.15) is 11.5 Å². The molecule has 1 saturated heterocycles. The zero-order valence-corrected chi connectivity index (χ0v) is 23.3. The monoisotopic (exact) mass is 501 g/mol. The second-order valence-electron chi connectivity index (χ2n) is 13.2. The Labute approximate surface area is 224 Å². The number of hydrogen-bond donors (Lipinski definition) is 1. The second-order valence-corrected chi connectivity index (χ2v) is 13.2. The normalized spacial score (nSPS) is 33.4. The molecule has 3 fully saturated rings. The number of rotatable bonds is 6. The highest BCUT2D eigenvalue weighted by Gasteiger charge is 2.55. The Hall–Kier alpha value is -2.00. The van der Waals surface area contributed by atoms with E-state index in [0.717, 1.165) is 43.1 Å². The van der Waals surface area contributed by atoms with Gasteiger partial charge in [-0.3, -0.25) is 4.90 Å². The van der Waals surface area contributed by atoms with Crippen LogP contribution in [0.5, 0.6) is 11.5 Å². The highest BCUT2D eigenvalue weighted by Crippen LogP contribution is 2.64. The van der Waals surface area contributed by atoms with Crippen molar-refractivity contribution in [2.45, 2.75) is 91.0 Å². The van der Waals surface area contributed by atoms with E-state index in [9.17, 15) is 5.11 Å². The van der Waals surface area contributed by atoms with Crippen molar-refractivity contribution in [1.82, 2.24) is 4.90 Å². The molecule has 4 aliphatic rings. The average Bonchev–Trinajstić information content (AvgIpc) is 3.21. The smallest absolute Gasteiger partial charge is 0.122 e. The lowest BCUT2D eigenvalue weighted by atomic mass is 9.51. The number of aryl methyl sites for hydroxylation is 1. The number of ether oxygens (including phenoxy) is 1. The first-order chi connectivity index (χ1) is 17.9. The lowest BCUT2D eigenvalue weighted by Gasteiger charge is -2.53. The minimum absolute atomic E-state index is 0.429. The van der Waals surface area contributed by atoms with Crippen molar-refractivity contribution in [3.05, 3.63) is 58.7 Å². The zero-order valence-electron chi connectivity index (χ0n) is 23.3. The summed E-state index contributed by atoms with van der Waals surface area (Å²) < 4.78 is 6.42. The molecule has 0 amide bonds. The fourth-order valence-electron chi connectivity index (χ4n) is 9.21. The highest BCUT2D eigenvalue weighted by molar-refractivity contribution is 5.41. The largest absolute Gasteiger partial charge is 0.508 e. The minimum Gasteiger partial charge on any atom is -0.508 e. The Morgan fingerprint density at radius 1 is 1.03 bits per heavy atom. The van der Waals surface area contributed by atoms with Gasteiger partial charge in [-0.1, -0.05) is 38.5 Å². The molecule has 1 aliphatic heterocycles. The third-order valence-electron chi connectivity index (χ3n) is 11.1. The summed E-state index contributed by atoms with van der Waals surface area (Å²) in [7, 11) is 0. The predicted octanol–water partition coefficient (Wildman–Crippen LogP) is 7.87. The molecule has 0 bridgehead atoms. The first kappa shape index (κ1) is 25.3. The Kier molecular flexibility index (Phi) is 7.03. The number of hydrogen-bond acceptors (Lipinski definition) is 3. The van der Waals surface area contributed by atoms with Crippen molar-refractivity contribution in [2.75, 3.05) is 19.7 Å². The van der Waals surface area contributed by atoms with Gasteiger partial charge >= 0.3 is 0 Å². The van der Waals surface area contributed by atoms with Crippen LogP contribution in [0.3, 0.4) is 0 Å². The van der Waals surface area contributed by atoms with Crippen LogP contribution in [0.15, 0.2) is 36.4 Å². The van der Waals surface area contributed by atoms with Crippen molar-refractivity contribution in [2.24, 2.45) is 29.1 Å². The van der Waals surface area contributed by atoms with Crippen LogP contribution in [0.4, 0.5) is 0 Å². The van der Waals surface area contributed by atoms with Crippen molar-refractivity contribution in [1.29, 1.82) is 0 Å². The van der Waals surface area contributed by atoms with Gasteiger partial charge in [0.15, 0.2) is 0 Å². The van der Waals surface area contributed by atoms with E-state index in [1.807, 2.05) is 12.1 Å². The van der Waals surface area contributed by atoms with Crippen LogP contribution >= 0.6 is 0 Å². The van der Waals surface area contributed by atoms with E-state index >= 15 is 0 Å². The first-order valence-corrected chi connectivity index (χ1v) is 15.2. The average molecular weight is 502 g/mol. The van der Waals surface area contributed by atoms with E-state index in [0.29, 0.717) is 23.0 Å². The van der Waals surface area contributed by atoms with E-state index in [2.05, 4.69) is 49.9 Å². The molecule has 3 heteroatoms. The number of benzene rings is 2. The first-order valence-electron chi connectivity index (χ1n) is 15.2. The molecule has 5 unspecified atom stereocenters. The SMILES string of the molecule is Cc1cc(CN2CCCCC2)ccc1OCCC1CCC2C3C(CCC12C)c1ccc(O)cc1C[C@H]3C. The number of nitrogens with zero attached hydrogens (tertiary/aromatic N) is 1. The molecular formula is C34H47NO2. The highest BCUT2D eigenvalue weighted by atomic mass is 16.5. The summed E-state index contributed by atoms with van der Waals surface area (Å²) in [6.07, 6.45) is 11.8. The molecule has 1 heterocycles. The van der Waals surface area contributed by atoms with Gasteiger partial charge in [0.05, 0.1) is 6.61 Å². The molecule has 6 rings (SSSR count). The van der Waals surface area contributed by atoms with Crippen LogP contribution in [0.1, 0.15) is 93.4 Å². The van der Waals surface area contributed by atoms with Gasteiger partial charge in [-0.05, 0) is 147 Å². The number of aromatic hydroxyl groups is 1. The van der Waals surface area contributed by atoms with Crippen molar-refractivity contribution < 1.29 is 9.84 Å². The predicted molar refractivity (Wildman–Crippen MR) is 151 cm³/mol. The summed E-state index contributed by atoms with van der Waals surface area (Å²) in [6, 6.07) is 13.0. The van der Waals surface area contributed by atoms with E-state index in [1.165, 1.54) is 86.7 Å². The molecule has 3 aliphatic carbocycles. The Morgan fingerprint density at radius 2 is 1.86 bits per heavy atom. The zero-order chi connectivity index (χ0) is 25.6. The maximum Gasteiger partial charge on any atom is 0.122 e. The Morgan fingerprint density at radius 3 is 2.68 bits per heavy atom. The van der Waals surface area contributed by atoms with Crippen LogP contribution in [-0.4, -0.2) is 29.7 Å². The van der Waals surface area contributed by atoms with Gasteiger partial charge < -0.3 is 9.84 Å². The summed E-state index contributed by atoms with van der Waals surface area (Å²) in [6.45, 7) is 11.7. The van der Waals surface area contributed by atoms with Crippen molar-refractivity contribution >= 4 is 0 Å². The van der Waals surface area contributed by atoms with Gasteiger partial charge in [-0.15, -0.1) is 0 Å². The van der Waals surface area contributed by atoms with Crippen LogP contribution in [0, 0.1) is 36.0 Å². The Bertz CT molecular complexity index is 1100. The third kappa shape index (κ3) is 4.82. The van der Waals surface area contributed by atoms with E-state index in [-0.39, 0.29) is 0 Å². The van der Waals surface area contributed by atoms with Gasteiger partial charge in [0, 0.05) is 6.54 Å². The molecule has 0 aromatic heterocycles. The van der Waals surface area contributed by atoms with Gasteiger partial charge in [0.25, 0.3) is 0 Å². The lowest BCUT2D eigenvalue weighted by molar-refractivity contribution is 0.000902. The standard InChI is InChI=1S/C34H47NO2/c1-23-19-25(22-35-16-5-4-6-17-35)7-12-32(23)37-18-14-27-8-11-31-33-24(2)20-26-21-28(36)9-10-29(26)30(33)13-15-34(27,31)3/h7,9-10,12,19,21,24,27,30-31,33,36H,4-6,8,11,13-18,20,22H2,1-3H3/t24-,27?,30?,31?,33?,34?/m1/s1. The molecule has 200 valence electrons. The fourth-order valence-corrected chi connectivity index (χ4v) is 9.21. The third-order valence-corrected chi connectivity index (χ3v) is 11.1. The summed E-state index contributed by atoms with van der Waals surface area (Å²) in [5.41, 5.74) is 6.09. The van der Waals surface area contributed by atoms with Gasteiger partial charge in [-0.25, -0.2) is 0 Å². The number of likely N-dealkylation sites (tertiary alicyclic amines) is 1. The molecular weight excluding hydrogens is 454 g/mol. The van der Waals surface area contributed by atoms with E-state index in [4.69, 9.17) is 4.74 Å². The summed E-state index contributed by atoms with van der Waals surface area (Å²) in [5.74, 6) is 5.26. The molecule has 0 radical (unpaired) electrons. The number of phenolic OH excluding ortho intramolecular Hbond substituents is 1. The summed E-state index contributed by atoms with van der Waals surface area (Å²) in [4.78, 5) is 2.60. The second kappa shape index (κ2) is 10.3. The van der Waals surface area contributed by atoms with E-state index in [1.54, 1.807) is 0 Å². The molecule has 6 atom stereocenters. The Balaban J connectivity index is 1.08. The minimum atomic E-state index is 0.429. The van der Waals surface area contributed by atoms with Crippen molar-refractivity contribution in [3.63, 3.8) is 0 Å². The van der Waals surface area contributed by atoms with Crippen LogP contribution < -0.4 is 4.74 Å². The molecule has 2 aromatic carbocycles. The van der Waals surface area contributed by atoms with Crippen molar-refractivity contribution in [3.8, 4) is 11.5 Å². The number of phenols is 1. The van der Waals surface area contributed by atoms with E-state index < -0.39 is 0 Å². The molecule has 1 N–H and O–H groups in total. The lowest BCUT2D eigenvalue weighted by Crippen LogP contribution is -2.45. The molecule has 3 nitrogen and oxygen atoms in total. The van der Waals surface area contributed by atoms with Gasteiger partial charge in [0.2, 0.25) is 0 Å². The summed E-state index contributed by atoms with van der Waals surface area (Å²) in [5, 5.41) is 10.0. The van der Waals surface area contributed by atoms with Crippen LogP contribution in [0.2, 0.25) is 0 Å². The maximum absolute atomic E-state index is 10.0. The molecule has 2 saturated carbocycles. The molecule has 2 aromatic rings. The maximum atomic E-state index is 10.0. The fraction of sp³-hybridized carbons (Fsp3) is 0.647. The van der Waals surface area contributed by atoms with Crippen LogP contribution in [0.25, 0.3) is 0 Å². The van der Waals surface area contributed by atoms with Crippen LogP contribution in [-0.2, 0) is 13.0 Å². The quantitative estimate of drug-likeness (QED) is 0.437. The number of fused-ring (bicyclic) bond motifs is 5. The molecule has 37 heavy (non-hydrogen) atoms. The summed E-state index contributed by atoms with van der Waals surface area (Å²) >= 11 is 0. The van der Waals surface area contributed by atoms with Gasteiger partial charge in [-0.2, -0.15) is 0 Å². The topological polar surface area (TPSA) is 32.7 Å². The molecule has 0 spiro atoms. The number of piperidine rings is 1.